The van der Waals surface area contributed by atoms with Crippen LogP contribution in [0.15, 0.2) is 31.1 Å². The van der Waals surface area contributed by atoms with E-state index in [1.807, 2.05) is 17.3 Å². The Labute approximate surface area is 147 Å². The van der Waals surface area contributed by atoms with Crippen LogP contribution in [0.4, 0.5) is 11.6 Å². The molecule has 25 heavy (non-hydrogen) atoms. The smallest absolute Gasteiger partial charge is 0.233 e. The molecule has 130 valence electrons. The summed E-state index contributed by atoms with van der Waals surface area (Å²) in [6, 6.07) is 0. The van der Waals surface area contributed by atoms with Crippen LogP contribution in [0.1, 0.15) is 31.7 Å². The van der Waals surface area contributed by atoms with Crippen molar-refractivity contribution in [2.24, 2.45) is 5.41 Å². The van der Waals surface area contributed by atoms with Crippen molar-refractivity contribution >= 4 is 17.5 Å². The molecular formula is C18H22N6O. The molecule has 2 aromatic rings. The van der Waals surface area contributed by atoms with Crippen molar-refractivity contribution < 1.29 is 4.79 Å². The lowest BCUT2D eigenvalue weighted by Crippen LogP contribution is -2.45. The average Bonchev–Trinajstić information content (AvgIpc) is 2.99. The zero-order valence-electron chi connectivity index (χ0n) is 14.4. The maximum atomic E-state index is 13.0. The summed E-state index contributed by atoms with van der Waals surface area (Å²) in [5.74, 6) is 0.981. The maximum Gasteiger partial charge on any atom is 0.233 e. The number of aromatic nitrogens is 4. The second-order valence-electron chi connectivity index (χ2n) is 6.82. The van der Waals surface area contributed by atoms with Gasteiger partial charge in [0.2, 0.25) is 11.9 Å². The first-order chi connectivity index (χ1) is 12.2. The van der Waals surface area contributed by atoms with Gasteiger partial charge in [-0.05, 0) is 31.2 Å². The number of anilines is 2. The molecule has 0 aromatic carbocycles. The Hall–Kier alpha value is -2.57. The number of amides is 1. The Kier molecular flexibility index (Phi) is 4.07. The van der Waals surface area contributed by atoms with Crippen molar-refractivity contribution in [2.75, 3.05) is 29.4 Å². The van der Waals surface area contributed by atoms with E-state index >= 15 is 0 Å². The number of nitrogens with zero attached hydrogens (tertiary/aromatic N) is 6. The molecule has 1 spiro atoms. The fourth-order valence-corrected chi connectivity index (χ4v) is 3.79. The summed E-state index contributed by atoms with van der Waals surface area (Å²) in [5.41, 5.74) is 1.68. The van der Waals surface area contributed by atoms with Crippen molar-refractivity contribution in [2.45, 2.75) is 32.6 Å². The first kappa shape index (κ1) is 15.9. The van der Waals surface area contributed by atoms with Crippen molar-refractivity contribution in [3.8, 4) is 0 Å². The molecular weight excluding hydrogens is 316 g/mol. The minimum Gasteiger partial charge on any atom is -0.341 e. The summed E-state index contributed by atoms with van der Waals surface area (Å²) in [6.07, 6.45) is 12.2. The van der Waals surface area contributed by atoms with Crippen molar-refractivity contribution in [1.82, 2.24) is 19.9 Å². The highest BCUT2D eigenvalue weighted by atomic mass is 16.2. The van der Waals surface area contributed by atoms with E-state index < -0.39 is 0 Å². The SMILES string of the molecule is CCc1cnc(N2CCC3(CC2)CCN(c2cncnc2)C3=O)nc1. The fourth-order valence-electron chi connectivity index (χ4n) is 3.79. The van der Waals surface area contributed by atoms with E-state index in [4.69, 9.17) is 0 Å². The molecule has 2 fully saturated rings. The lowest BCUT2D eigenvalue weighted by atomic mass is 9.77. The third-order valence-corrected chi connectivity index (χ3v) is 5.47. The van der Waals surface area contributed by atoms with Gasteiger partial charge in [0.25, 0.3) is 0 Å². The molecule has 0 radical (unpaired) electrons. The quantitative estimate of drug-likeness (QED) is 0.850. The summed E-state index contributed by atoms with van der Waals surface area (Å²) < 4.78 is 0. The monoisotopic (exact) mass is 338 g/mol. The first-order valence-electron chi connectivity index (χ1n) is 8.85. The van der Waals surface area contributed by atoms with Gasteiger partial charge in [-0.2, -0.15) is 0 Å². The fraction of sp³-hybridized carbons (Fsp3) is 0.500. The molecule has 2 saturated heterocycles. The van der Waals surface area contributed by atoms with Crippen molar-refractivity contribution in [3.63, 3.8) is 0 Å². The van der Waals surface area contributed by atoms with Gasteiger partial charge in [0.15, 0.2) is 0 Å². The molecule has 7 nitrogen and oxygen atoms in total. The third kappa shape index (κ3) is 2.83. The largest absolute Gasteiger partial charge is 0.341 e. The summed E-state index contributed by atoms with van der Waals surface area (Å²) in [7, 11) is 0. The van der Waals surface area contributed by atoms with Gasteiger partial charge in [0, 0.05) is 32.0 Å². The Morgan fingerprint density at radius 2 is 1.64 bits per heavy atom. The van der Waals surface area contributed by atoms with Crippen LogP contribution in [0.3, 0.4) is 0 Å². The van der Waals surface area contributed by atoms with E-state index in [2.05, 4.69) is 31.8 Å². The molecule has 2 aliphatic rings. The Bertz CT molecular complexity index is 740. The number of carbonyl (C=O) groups is 1. The second kappa shape index (κ2) is 6.38. The molecule has 2 aliphatic heterocycles. The van der Waals surface area contributed by atoms with Gasteiger partial charge in [-0.15, -0.1) is 0 Å². The van der Waals surface area contributed by atoms with E-state index in [0.717, 1.165) is 62.5 Å². The first-order valence-corrected chi connectivity index (χ1v) is 8.85. The minimum absolute atomic E-state index is 0.212. The molecule has 4 rings (SSSR count). The molecule has 0 bridgehead atoms. The minimum atomic E-state index is -0.254. The number of aryl methyl sites for hydroxylation is 1. The molecule has 0 aliphatic carbocycles. The predicted molar refractivity (Wildman–Crippen MR) is 94.3 cm³/mol. The van der Waals surface area contributed by atoms with Gasteiger partial charge in [-0.1, -0.05) is 6.92 Å². The van der Waals surface area contributed by atoms with Crippen molar-refractivity contribution in [1.29, 1.82) is 0 Å². The van der Waals surface area contributed by atoms with Crippen LogP contribution < -0.4 is 9.80 Å². The molecule has 4 heterocycles. The lowest BCUT2D eigenvalue weighted by Gasteiger charge is -2.37. The van der Waals surface area contributed by atoms with Gasteiger partial charge < -0.3 is 9.80 Å². The molecule has 0 saturated carbocycles. The highest BCUT2D eigenvalue weighted by molar-refractivity contribution is 5.99. The van der Waals surface area contributed by atoms with Crippen LogP contribution in [-0.4, -0.2) is 45.5 Å². The summed E-state index contributed by atoms with van der Waals surface area (Å²) in [5, 5.41) is 0. The standard InChI is InChI=1S/C18H22N6O/c1-2-14-9-21-17(22-10-14)23-6-3-18(4-7-23)5-8-24(16(18)25)15-11-19-13-20-12-15/h9-13H,2-8H2,1H3. The molecule has 0 unspecified atom stereocenters. The number of hydrogen-bond acceptors (Lipinski definition) is 6. The number of carbonyl (C=O) groups excluding carboxylic acids is 1. The van der Waals surface area contributed by atoms with E-state index in [1.165, 1.54) is 6.33 Å². The van der Waals surface area contributed by atoms with Crippen LogP contribution in [0, 0.1) is 5.41 Å². The second-order valence-corrected chi connectivity index (χ2v) is 6.82. The zero-order valence-corrected chi connectivity index (χ0v) is 14.4. The van der Waals surface area contributed by atoms with Gasteiger partial charge in [-0.25, -0.2) is 19.9 Å². The van der Waals surface area contributed by atoms with Gasteiger partial charge in [0.1, 0.15) is 6.33 Å². The van der Waals surface area contributed by atoms with E-state index in [1.54, 1.807) is 12.4 Å². The zero-order chi connectivity index (χ0) is 17.3. The van der Waals surface area contributed by atoms with E-state index in [9.17, 15) is 4.79 Å². The lowest BCUT2D eigenvalue weighted by molar-refractivity contribution is -0.126. The van der Waals surface area contributed by atoms with Crippen LogP contribution in [0.25, 0.3) is 0 Å². The number of hydrogen-bond donors (Lipinski definition) is 0. The van der Waals surface area contributed by atoms with Gasteiger partial charge in [-0.3, -0.25) is 4.79 Å². The topological polar surface area (TPSA) is 75.1 Å². The molecule has 0 N–H and O–H groups in total. The predicted octanol–water partition coefficient (Wildman–Crippen LogP) is 1.85. The molecule has 7 heteroatoms. The summed E-state index contributed by atoms with van der Waals surface area (Å²) in [4.78, 5) is 34.1. The van der Waals surface area contributed by atoms with Crippen LogP contribution >= 0.6 is 0 Å². The van der Waals surface area contributed by atoms with Crippen LogP contribution in [-0.2, 0) is 11.2 Å². The van der Waals surface area contributed by atoms with E-state index in [-0.39, 0.29) is 11.3 Å². The van der Waals surface area contributed by atoms with Gasteiger partial charge in [0.05, 0.1) is 23.5 Å². The van der Waals surface area contributed by atoms with Crippen LogP contribution in [0.2, 0.25) is 0 Å². The summed E-state index contributed by atoms with van der Waals surface area (Å²) in [6.45, 7) is 4.47. The third-order valence-electron chi connectivity index (χ3n) is 5.47. The van der Waals surface area contributed by atoms with E-state index in [0.29, 0.717) is 0 Å². The highest BCUT2D eigenvalue weighted by Gasteiger charge is 2.48. The molecule has 2 aromatic heterocycles. The Balaban J connectivity index is 1.45. The van der Waals surface area contributed by atoms with Gasteiger partial charge >= 0.3 is 0 Å². The van der Waals surface area contributed by atoms with Crippen LogP contribution in [0.5, 0.6) is 0 Å². The normalized spacial score (nSPS) is 19.6. The highest BCUT2D eigenvalue weighted by Crippen LogP contribution is 2.43. The molecule has 1 amide bonds. The van der Waals surface area contributed by atoms with Crippen molar-refractivity contribution in [3.05, 3.63) is 36.7 Å². The maximum absolute atomic E-state index is 13.0. The summed E-state index contributed by atoms with van der Waals surface area (Å²) >= 11 is 0. The number of rotatable bonds is 3. The average molecular weight is 338 g/mol. The Morgan fingerprint density at radius 3 is 2.28 bits per heavy atom. The Morgan fingerprint density at radius 1 is 1.00 bits per heavy atom. The molecule has 0 atom stereocenters. The number of piperidine rings is 1.